The van der Waals surface area contributed by atoms with Crippen LogP contribution in [0.1, 0.15) is 29.0 Å². The highest BCUT2D eigenvalue weighted by Crippen LogP contribution is 2.23. The van der Waals surface area contributed by atoms with Crippen molar-refractivity contribution in [2.45, 2.75) is 25.9 Å². The summed E-state index contributed by atoms with van der Waals surface area (Å²) in [5, 5.41) is 0.953. The second-order valence-corrected chi connectivity index (χ2v) is 6.43. The number of aryl methyl sites for hydroxylation is 1. The molecule has 3 aromatic rings. The summed E-state index contributed by atoms with van der Waals surface area (Å²) in [5.74, 6) is 0.997. The number of amides is 1. The summed E-state index contributed by atoms with van der Waals surface area (Å²) < 4.78 is 11.6. The number of rotatable bonds is 3. The lowest BCUT2D eigenvalue weighted by molar-refractivity contribution is 0.0561. The molecule has 0 bridgehead atoms. The highest BCUT2D eigenvalue weighted by Gasteiger charge is 2.26. The Kier molecular flexibility index (Phi) is 4.14. The quantitative estimate of drug-likeness (QED) is 0.729. The number of para-hydroxylation sites is 1. The van der Waals surface area contributed by atoms with Crippen molar-refractivity contribution in [1.82, 2.24) is 9.88 Å². The molecule has 1 fully saturated rings. The predicted molar refractivity (Wildman–Crippen MR) is 94.7 cm³/mol. The molecular formula is C20H20N2O3. The van der Waals surface area contributed by atoms with Crippen molar-refractivity contribution in [3.63, 3.8) is 0 Å². The molecule has 0 spiro atoms. The van der Waals surface area contributed by atoms with Gasteiger partial charge in [0.2, 0.25) is 5.88 Å². The Morgan fingerprint density at radius 3 is 2.72 bits per heavy atom. The third-order valence-electron chi connectivity index (χ3n) is 4.54. The van der Waals surface area contributed by atoms with Crippen LogP contribution >= 0.6 is 0 Å². The Hall–Kier alpha value is -2.82. The molecule has 0 aliphatic carbocycles. The summed E-state index contributed by atoms with van der Waals surface area (Å²) in [6.45, 7) is 3.32. The Morgan fingerprint density at radius 1 is 1.20 bits per heavy atom. The third kappa shape index (κ3) is 3.36. The summed E-state index contributed by atoms with van der Waals surface area (Å²) >= 11 is 0. The van der Waals surface area contributed by atoms with E-state index in [1.54, 1.807) is 6.20 Å². The van der Waals surface area contributed by atoms with Gasteiger partial charge in [-0.15, -0.1) is 0 Å². The first-order chi connectivity index (χ1) is 12.2. The zero-order valence-electron chi connectivity index (χ0n) is 14.1. The first-order valence-electron chi connectivity index (χ1n) is 8.56. The number of ether oxygens (including phenoxy) is 1. The van der Waals surface area contributed by atoms with Gasteiger partial charge in [0.25, 0.3) is 5.91 Å². The molecule has 1 aliphatic rings. The molecule has 0 radical (unpaired) electrons. The maximum Gasteiger partial charge on any atom is 0.289 e. The van der Waals surface area contributed by atoms with E-state index in [2.05, 4.69) is 4.98 Å². The van der Waals surface area contributed by atoms with Gasteiger partial charge >= 0.3 is 0 Å². The zero-order valence-corrected chi connectivity index (χ0v) is 14.1. The van der Waals surface area contributed by atoms with Gasteiger partial charge in [-0.2, -0.15) is 0 Å². The number of fused-ring (bicyclic) bond motifs is 1. The van der Waals surface area contributed by atoms with Crippen LogP contribution in [0.25, 0.3) is 11.0 Å². The first-order valence-corrected chi connectivity index (χ1v) is 8.56. The molecule has 2 aromatic heterocycles. The normalized spacial score (nSPS) is 15.5. The number of pyridine rings is 1. The fourth-order valence-electron chi connectivity index (χ4n) is 3.11. The van der Waals surface area contributed by atoms with E-state index in [0.29, 0.717) is 24.7 Å². The van der Waals surface area contributed by atoms with Crippen LogP contribution in [0.5, 0.6) is 5.88 Å². The second-order valence-electron chi connectivity index (χ2n) is 6.43. The van der Waals surface area contributed by atoms with Crippen LogP contribution in [0.3, 0.4) is 0 Å². The van der Waals surface area contributed by atoms with E-state index in [1.165, 1.54) is 0 Å². The molecule has 3 heterocycles. The number of aromatic nitrogens is 1. The molecule has 1 aliphatic heterocycles. The van der Waals surface area contributed by atoms with Crippen molar-refractivity contribution < 1.29 is 13.9 Å². The van der Waals surface area contributed by atoms with Crippen LogP contribution < -0.4 is 4.74 Å². The van der Waals surface area contributed by atoms with E-state index in [9.17, 15) is 4.79 Å². The molecule has 1 amide bonds. The molecule has 4 rings (SSSR count). The number of carbonyl (C=O) groups excluding carboxylic acids is 1. The number of hydrogen-bond acceptors (Lipinski definition) is 4. The number of likely N-dealkylation sites (tertiary alicyclic amines) is 1. The number of nitrogens with zero attached hydrogens (tertiary/aromatic N) is 2. The molecule has 128 valence electrons. The summed E-state index contributed by atoms with van der Waals surface area (Å²) in [6, 6.07) is 13.4. The summed E-state index contributed by atoms with van der Waals surface area (Å²) in [5.41, 5.74) is 1.85. The first kappa shape index (κ1) is 15.7. The van der Waals surface area contributed by atoms with Crippen LogP contribution in [0.15, 0.2) is 53.1 Å². The molecule has 5 nitrogen and oxygen atoms in total. The smallest absolute Gasteiger partial charge is 0.289 e. The van der Waals surface area contributed by atoms with Crippen LogP contribution in [-0.2, 0) is 0 Å². The maximum absolute atomic E-state index is 12.7. The fraction of sp³-hybridized carbons (Fsp3) is 0.300. The largest absolute Gasteiger partial charge is 0.474 e. The van der Waals surface area contributed by atoms with Crippen molar-refractivity contribution in [2.24, 2.45) is 0 Å². The predicted octanol–water partition coefficient (Wildman–Crippen LogP) is 3.82. The van der Waals surface area contributed by atoms with E-state index in [-0.39, 0.29) is 12.0 Å². The van der Waals surface area contributed by atoms with Crippen molar-refractivity contribution in [1.29, 1.82) is 0 Å². The SMILES string of the molecule is Cc1ccc(OC2CCN(C(=O)c3cc4ccccc4o3)CC2)nc1. The van der Waals surface area contributed by atoms with E-state index >= 15 is 0 Å². The minimum absolute atomic E-state index is 0.0527. The van der Waals surface area contributed by atoms with Gasteiger partial charge in [-0.25, -0.2) is 4.98 Å². The molecule has 0 atom stereocenters. The van der Waals surface area contributed by atoms with E-state index in [4.69, 9.17) is 9.15 Å². The summed E-state index contributed by atoms with van der Waals surface area (Å²) in [4.78, 5) is 18.8. The van der Waals surface area contributed by atoms with Crippen LogP contribution in [0.4, 0.5) is 0 Å². The van der Waals surface area contributed by atoms with E-state index < -0.39 is 0 Å². The van der Waals surface area contributed by atoms with Gasteiger partial charge in [0.05, 0.1) is 0 Å². The summed E-state index contributed by atoms with van der Waals surface area (Å²) in [7, 11) is 0. The maximum atomic E-state index is 12.7. The van der Waals surface area contributed by atoms with Crippen molar-refractivity contribution in [2.75, 3.05) is 13.1 Å². The molecule has 0 saturated carbocycles. The average molecular weight is 336 g/mol. The van der Waals surface area contributed by atoms with Crippen molar-refractivity contribution in [3.05, 3.63) is 60.0 Å². The zero-order chi connectivity index (χ0) is 17.2. The van der Waals surface area contributed by atoms with Crippen molar-refractivity contribution >= 4 is 16.9 Å². The lowest BCUT2D eigenvalue weighted by Crippen LogP contribution is -2.41. The molecule has 5 heteroatoms. The van der Waals surface area contributed by atoms with Gasteiger partial charge in [-0.1, -0.05) is 24.3 Å². The minimum atomic E-state index is -0.0527. The highest BCUT2D eigenvalue weighted by atomic mass is 16.5. The third-order valence-corrected chi connectivity index (χ3v) is 4.54. The van der Waals surface area contributed by atoms with Gasteiger partial charge in [0.15, 0.2) is 5.76 Å². The van der Waals surface area contributed by atoms with E-state index in [0.717, 1.165) is 29.4 Å². The average Bonchev–Trinajstić information content (AvgIpc) is 3.08. The monoisotopic (exact) mass is 336 g/mol. The van der Waals surface area contributed by atoms with Gasteiger partial charge in [0, 0.05) is 43.6 Å². The molecule has 1 aromatic carbocycles. The standard InChI is InChI=1S/C20H20N2O3/c1-14-6-7-19(21-13-14)24-16-8-10-22(11-9-16)20(23)18-12-15-4-2-3-5-17(15)25-18/h2-7,12-13,16H,8-11H2,1H3. The number of carbonyl (C=O) groups is 1. The molecule has 1 saturated heterocycles. The topological polar surface area (TPSA) is 55.6 Å². The Morgan fingerprint density at radius 2 is 2.00 bits per heavy atom. The lowest BCUT2D eigenvalue weighted by atomic mass is 10.1. The highest BCUT2D eigenvalue weighted by molar-refractivity contribution is 5.96. The number of benzene rings is 1. The molecule has 0 unspecified atom stereocenters. The second kappa shape index (κ2) is 6.59. The van der Waals surface area contributed by atoms with Gasteiger partial charge in [-0.05, 0) is 24.6 Å². The fourth-order valence-corrected chi connectivity index (χ4v) is 3.11. The van der Waals surface area contributed by atoms with E-state index in [1.807, 2.05) is 54.3 Å². The van der Waals surface area contributed by atoms with Gasteiger partial charge in [0.1, 0.15) is 11.7 Å². The Balaban J connectivity index is 1.37. The molecule has 25 heavy (non-hydrogen) atoms. The van der Waals surface area contributed by atoms with Crippen LogP contribution in [0.2, 0.25) is 0 Å². The molecule has 0 N–H and O–H groups in total. The lowest BCUT2D eigenvalue weighted by Gasteiger charge is -2.31. The number of hydrogen-bond donors (Lipinski definition) is 0. The Labute approximate surface area is 146 Å². The number of furan rings is 1. The van der Waals surface area contributed by atoms with Crippen molar-refractivity contribution in [3.8, 4) is 5.88 Å². The molecular weight excluding hydrogens is 316 g/mol. The Bertz CT molecular complexity index is 844. The van der Waals surface area contributed by atoms with Gasteiger partial charge in [-0.3, -0.25) is 4.79 Å². The summed E-state index contributed by atoms with van der Waals surface area (Å²) in [6.07, 6.45) is 3.48. The minimum Gasteiger partial charge on any atom is -0.474 e. The van der Waals surface area contributed by atoms with Crippen LogP contribution in [-0.4, -0.2) is 35.0 Å². The van der Waals surface area contributed by atoms with Crippen LogP contribution in [0, 0.1) is 6.92 Å². The van der Waals surface area contributed by atoms with Gasteiger partial charge < -0.3 is 14.1 Å². The number of piperidine rings is 1.